The fourth-order valence-electron chi connectivity index (χ4n) is 3.33. The van der Waals surface area contributed by atoms with Gasteiger partial charge in [0.25, 0.3) is 5.91 Å². The van der Waals surface area contributed by atoms with Crippen LogP contribution in [0.4, 0.5) is 5.13 Å². The molecule has 1 aliphatic carbocycles. The number of carbonyl (C=O) groups excluding carboxylic acids is 2. The Kier molecular flexibility index (Phi) is 3.90. The Labute approximate surface area is 142 Å². The first-order valence-corrected chi connectivity index (χ1v) is 9.55. The van der Waals surface area contributed by atoms with Gasteiger partial charge in [0.05, 0.1) is 4.88 Å². The number of aromatic nitrogens is 1. The average Bonchev–Trinajstić information content (AvgIpc) is 3.29. The number of hydrogen-bond donors (Lipinski definition) is 1. The quantitative estimate of drug-likeness (QED) is 0.928. The Hall–Kier alpha value is -1.73. The van der Waals surface area contributed by atoms with E-state index in [2.05, 4.69) is 10.3 Å². The monoisotopic (exact) mass is 347 g/mol. The minimum Gasteiger partial charge on any atom is -0.326 e. The van der Waals surface area contributed by atoms with Gasteiger partial charge in [-0.1, -0.05) is 0 Å². The van der Waals surface area contributed by atoms with Gasteiger partial charge in [-0.25, -0.2) is 4.98 Å². The highest BCUT2D eigenvalue weighted by molar-refractivity contribution is 7.14. The molecule has 2 aliphatic rings. The summed E-state index contributed by atoms with van der Waals surface area (Å²) in [6.07, 6.45) is 6.60. The van der Waals surface area contributed by atoms with E-state index in [1.165, 1.54) is 28.2 Å². The van der Waals surface area contributed by atoms with Gasteiger partial charge in [-0.15, -0.1) is 22.7 Å². The van der Waals surface area contributed by atoms with E-state index in [1.54, 1.807) is 22.4 Å². The summed E-state index contributed by atoms with van der Waals surface area (Å²) in [5.74, 6) is -0.129. The van der Waals surface area contributed by atoms with Crippen LogP contribution < -0.4 is 5.32 Å². The van der Waals surface area contributed by atoms with Crippen molar-refractivity contribution < 1.29 is 9.59 Å². The average molecular weight is 347 g/mol. The van der Waals surface area contributed by atoms with Gasteiger partial charge in [0.1, 0.15) is 6.04 Å². The molecule has 1 N–H and O–H groups in total. The smallest absolute Gasteiger partial charge is 0.264 e. The Bertz CT molecular complexity index is 717. The molecule has 23 heavy (non-hydrogen) atoms. The predicted octanol–water partition coefficient (Wildman–Crippen LogP) is 2.94. The zero-order valence-electron chi connectivity index (χ0n) is 12.6. The first-order valence-electron chi connectivity index (χ1n) is 7.85. The molecule has 1 aliphatic heterocycles. The van der Waals surface area contributed by atoms with Crippen molar-refractivity contribution in [1.29, 1.82) is 0 Å². The number of thiophene rings is 1. The van der Waals surface area contributed by atoms with Crippen LogP contribution in [-0.2, 0) is 17.6 Å². The molecule has 0 spiro atoms. The minimum atomic E-state index is -0.386. The summed E-state index contributed by atoms with van der Waals surface area (Å²) in [6.45, 7) is 0.650. The number of amides is 2. The number of aryl methyl sites for hydroxylation is 2. The maximum atomic E-state index is 12.8. The molecule has 5 nitrogen and oxygen atoms in total. The number of rotatable bonds is 3. The van der Waals surface area contributed by atoms with E-state index in [0.29, 0.717) is 18.1 Å². The number of likely N-dealkylation sites (tertiary alicyclic amines) is 1. The largest absolute Gasteiger partial charge is 0.326 e. The third-order valence-corrected chi connectivity index (χ3v) is 6.35. The van der Waals surface area contributed by atoms with Gasteiger partial charge in [0, 0.05) is 23.0 Å². The highest BCUT2D eigenvalue weighted by Crippen LogP contribution is 2.32. The lowest BCUT2D eigenvalue weighted by Gasteiger charge is -2.23. The molecule has 0 saturated carbocycles. The molecule has 0 radical (unpaired) electrons. The maximum Gasteiger partial charge on any atom is 0.264 e. The number of fused-ring (bicyclic) bond motifs is 1. The molecular formula is C16H17N3O2S2. The Morgan fingerprint density at radius 3 is 3.00 bits per heavy atom. The zero-order valence-corrected chi connectivity index (χ0v) is 14.2. The first kappa shape index (κ1) is 14.8. The molecule has 120 valence electrons. The van der Waals surface area contributed by atoms with Gasteiger partial charge in [0.2, 0.25) is 5.91 Å². The Morgan fingerprint density at radius 1 is 1.30 bits per heavy atom. The molecule has 0 bridgehead atoms. The summed E-state index contributed by atoms with van der Waals surface area (Å²) in [6, 6.07) is 1.65. The van der Waals surface area contributed by atoms with Crippen LogP contribution in [0, 0.1) is 0 Å². The summed E-state index contributed by atoms with van der Waals surface area (Å²) in [4.78, 5) is 33.2. The molecule has 1 saturated heterocycles. The topological polar surface area (TPSA) is 62.3 Å². The van der Waals surface area contributed by atoms with Crippen molar-refractivity contribution in [3.63, 3.8) is 0 Å². The van der Waals surface area contributed by atoms with Crippen LogP contribution in [-0.4, -0.2) is 34.3 Å². The number of anilines is 1. The number of nitrogens with one attached hydrogen (secondary N) is 1. The molecular weight excluding hydrogens is 330 g/mol. The van der Waals surface area contributed by atoms with Gasteiger partial charge in [-0.05, 0) is 43.7 Å². The summed E-state index contributed by atoms with van der Waals surface area (Å²) < 4.78 is 0. The molecule has 0 aromatic carbocycles. The first-order chi connectivity index (χ1) is 11.2. The van der Waals surface area contributed by atoms with Crippen molar-refractivity contribution in [2.24, 2.45) is 0 Å². The normalized spacial score (nSPS) is 19.8. The standard InChI is InChI=1S/C16H17N3O2S2/c20-14(18-16-17-6-8-22-16)11-4-2-7-19(11)15(21)13-9-10-3-1-5-12(10)23-13/h6,8-9,11H,1-5,7H2,(H,17,18,20)/t11-/m0/s1. The summed E-state index contributed by atoms with van der Waals surface area (Å²) in [7, 11) is 0. The third-order valence-electron chi connectivity index (χ3n) is 4.44. The predicted molar refractivity (Wildman–Crippen MR) is 91.1 cm³/mol. The lowest BCUT2D eigenvalue weighted by atomic mass is 10.2. The van der Waals surface area contributed by atoms with Gasteiger partial charge in [0.15, 0.2) is 5.13 Å². The molecule has 0 unspecified atom stereocenters. The van der Waals surface area contributed by atoms with Gasteiger partial charge < -0.3 is 10.2 Å². The molecule has 1 atom stereocenters. The van der Waals surface area contributed by atoms with E-state index in [0.717, 1.165) is 24.1 Å². The fraction of sp³-hybridized carbons (Fsp3) is 0.438. The second-order valence-corrected chi connectivity index (χ2v) is 7.93. The van der Waals surface area contributed by atoms with Crippen LogP contribution >= 0.6 is 22.7 Å². The van der Waals surface area contributed by atoms with Gasteiger partial charge in [-0.3, -0.25) is 9.59 Å². The van der Waals surface area contributed by atoms with Crippen molar-refractivity contribution in [3.8, 4) is 0 Å². The molecule has 2 amide bonds. The highest BCUT2D eigenvalue weighted by atomic mass is 32.1. The molecule has 2 aromatic rings. The van der Waals surface area contributed by atoms with E-state index < -0.39 is 0 Å². The van der Waals surface area contributed by atoms with Crippen LogP contribution in [0.25, 0.3) is 0 Å². The van der Waals surface area contributed by atoms with Crippen LogP contribution in [0.1, 0.15) is 39.4 Å². The molecule has 3 heterocycles. The summed E-state index contributed by atoms with van der Waals surface area (Å²) in [5.41, 5.74) is 1.32. The van der Waals surface area contributed by atoms with E-state index in [-0.39, 0.29) is 17.9 Å². The second kappa shape index (κ2) is 6.05. The lowest BCUT2D eigenvalue weighted by Crippen LogP contribution is -2.42. The van der Waals surface area contributed by atoms with Crippen LogP contribution in [0.3, 0.4) is 0 Å². The van der Waals surface area contributed by atoms with E-state index >= 15 is 0 Å². The van der Waals surface area contributed by atoms with Crippen molar-refractivity contribution >= 4 is 39.6 Å². The molecule has 1 fully saturated rings. The van der Waals surface area contributed by atoms with Crippen LogP contribution in [0.5, 0.6) is 0 Å². The number of thiazole rings is 1. The van der Waals surface area contributed by atoms with E-state index in [4.69, 9.17) is 0 Å². The van der Waals surface area contributed by atoms with Gasteiger partial charge >= 0.3 is 0 Å². The van der Waals surface area contributed by atoms with Crippen molar-refractivity contribution in [1.82, 2.24) is 9.88 Å². The summed E-state index contributed by atoms with van der Waals surface area (Å²) >= 11 is 2.99. The van der Waals surface area contributed by atoms with Crippen molar-refractivity contribution in [2.75, 3.05) is 11.9 Å². The van der Waals surface area contributed by atoms with Crippen LogP contribution in [0.15, 0.2) is 17.6 Å². The fourth-order valence-corrected chi connectivity index (χ4v) is 5.07. The van der Waals surface area contributed by atoms with E-state index in [9.17, 15) is 9.59 Å². The van der Waals surface area contributed by atoms with Crippen molar-refractivity contribution in [2.45, 2.75) is 38.1 Å². The Balaban J connectivity index is 1.50. The van der Waals surface area contributed by atoms with Crippen LogP contribution in [0.2, 0.25) is 0 Å². The Morgan fingerprint density at radius 2 is 2.22 bits per heavy atom. The number of nitrogens with zero attached hydrogens (tertiary/aromatic N) is 2. The maximum absolute atomic E-state index is 12.8. The second-order valence-electron chi connectivity index (χ2n) is 5.90. The number of hydrogen-bond acceptors (Lipinski definition) is 5. The summed E-state index contributed by atoms with van der Waals surface area (Å²) in [5, 5.41) is 5.22. The minimum absolute atomic E-state index is 0.00110. The van der Waals surface area contributed by atoms with E-state index in [1.807, 2.05) is 11.4 Å². The lowest BCUT2D eigenvalue weighted by molar-refractivity contribution is -0.119. The van der Waals surface area contributed by atoms with Gasteiger partial charge in [-0.2, -0.15) is 0 Å². The molecule has 4 rings (SSSR count). The number of carbonyl (C=O) groups is 2. The molecule has 7 heteroatoms. The van der Waals surface area contributed by atoms with Crippen molar-refractivity contribution in [3.05, 3.63) is 33.0 Å². The highest BCUT2D eigenvalue weighted by Gasteiger charge is 2.35. The zero-order chi connectivity index (χ0) is 15.8. The molecule has 2 aromatic heterocycles. The third kappa shape index (κ3) is 2.79. The SMILES string of the molecule is O=C(Nc1nccs1)[C@@H]1CCCN1C(=O)c1cc2c(s1)CCC2.